The lowest BCUT2D eigenvalue weighted by Crippen LogP contribution is -2.01. The van der Waals surface area contributed by atoms with Crippen molar-refractivity contribution in [2.24, 2.45) is 5.73 Å². The van der Waals surface area contributed by atoms with Crippen molar-refractivity contribution >= 4 is 34.2 Å². The minimum atomic E-state index is 0.371. The summed E-state index contributed by atoms with van der Waals surface area (Å²) in [6, 6.07) is 5.62. The molecule has 0 aliphatic rings. The first-order valence-corrected chi connectivity index (χ1v) is 4.73. The molecule has 0 atom stereocenters. The van der Waals surface area contributed by atoms with Crippen LogP contribution in [0.1, 0.15) is 11.1 Å². The van der Waals surface area contributed by atoms with Gasteiger partial charge in [0.25, 0.3) is 0 Å². The van der Waals surface area contributed by atoms with Crippen LogP contribution in [0, 0.1) is 14.9 Å². The van der Waals surface area contributed by atoms with E-state index >= 15 is 0 Å². The van der Waals surface area contributed by atoms with Gasteiger partial charge in [0, 0.05) is 10.1 Å². The lowest BCUT2D eigenvalue weighted by molar-refractivity contribution is 1.06. The molecule has 0 amide bonds. The van der Waals surface area contributed by atoms with Gasteiger partial charge >= 0.3 is 0 Å². The maximum atomic E-state index is 8.79. The fraction of sp³-hybridized carbons (Fsp3) is 0.125. The van der Waals surface area contributed by atoms with Gasteiger partial charge in [-0.1, -0.05) is 17.7 Å². The summed E-state index contributed by atoms with van der Waals surface area (Å²) >= 11 is 7.87. The molecule has 0 bridgehead atoms. The SMILES string of the molecule is N#Cc1c(CN)ccc(Cl)c1I. The van der Waals surface area contributed by atoms with Crippen LogP contribution in [-0.2, 0) is 6.54 Å². The standard InChI is InChI=1S/C8H6ClIN2/c9-7-2-1-5(3-11)6(4-12)8(7)10/h1-2H,3,11H2. The number of nitrogens with two attached hydrogens (primary N) is 1. The van der Waals surface area contributed by atoms with Crippen LogP contribution in [0.5, 0.6) is 0 Å². The maximum Gasteiger partial charge on any atom is 0.101 e. The molecule has 2 N–H and O–H groups in total. The van der Waals surface area contributed by atoms with Gasteiger partial charge < -0.3 is 5.73 Å². The Labute approximate surface area is 89.5 Å². The van der Waals surface area contributed by atoms with Gasteiger partial charge in [0.15, 0.2) is 0 Å². The zero-order valence-corrected chi connectivity index (χ0v) is 9.06. The lowest BCUT2D eigenvalue weighted by atomic mass is 10.1. The summed E-state index contributed by atoms with van der Waals surface area (Å²) in [6.45, 7) is 0.371. The average Bonchev–Trinajstić information content (AvgIpc) is 2.09. The highest BCUT2D eigenvalue weighted by molar-refractivity contribution is 14.1. The fourth-order valence-corrected chi connectivity index (χ4v) is 1.69. The fourth-order valence-electron chi connectivity index (χ4n) is 0.882. The molecule has 1 rings (SSSR count). The predicted molar refractivity (Wildman–Crippen MR) is 56.8 cm³/mol. The van der Waals surface area contributed by atoms with Gasteiger partial charge in [0.2, 0.25) is 0 Å². The first-order chi connectivity index (χ1) is 5.70. The van der Waals surface area contributed by atoms with Gasteiger partial charge in [0.05, 0.1) is 10.6 Å². The Hall–Kier alpha value is -0.310. The Bertz CT molecular complexity index is 344. The zero-order chi connectivity index (χ0) is 9.14. The Morgan fingerprint density at radius 1 is 1.58 bits per heavy atom. The molecular formula is C8H6ClIN2. The summed E-state index contributed by atoms with van der Waals surface area (Å²) in [4.78, 5) is 0. The highest BCUT2D eigenvalue weighted by Crippen LogP contribution is 2.24. The van der Waals surface area contributed by atoms with E-state index in [1.807, 2.05) is 22.6 Å². The van der Waals surface area contributed by atoms with Crippen LogP contribution in [0.25, 0.3) is 0 Å². The number of halogens is 2. The second-order valence-corrected chi connectivity index (χ2v) is 3.70. The smallest absolute Gasteiger partial charge is 0.101 e. The molecule has 62 valence electrons. The zero-order valence-electron chi connectivity index (χ0n) is 6.14. The van der Waals surface area contributed by atoms with Crippen LogP contribution in [0.4, 0.5) is 0 Å². The lowest BCUT2D eigenvalue weighted by Gasteiger charge is -2.03. The summed E-state index contributed by atoms with van der Waals surface area (Å²) in [7, 11) is 0. The predicted octanol–water partition coefficient (Wildman–Crippen LogP) is 2.27. The van der Waals surface area contributed by atoms with Crippen molar-refractivity contribution in [1.82, 2.24) is 0 Å². The number of hydrogen-bond acceptors (Lipinski definition) is 2. The van der Waals surface area contributed by atoms with Crippen molar-refractivity contribution in [2.75, 3.05) is 0 Å². The van der Waals surface area contributed by atoms with E-state index < -0.39 is 0 Å². The Balaban J connectivity index is 3.38. The summed E-state index contributed by atoms with van der Waals surface area (Å²) in [5.74, 6) is 0. The van der Waals surface area contributed by atoms with Gasteiger partial charge in [-0.05, 0) is 34.2 Å². The first-order valence-electron chi connectivity index (χ1n) is 3.27. The Morgan fingerprint density at radius 2 is 2.25 bits per heavy atom. The second-order valence-electron chi connectivity index (χ2n) is 2.21. The molecule has 1 aromatic carbocycles. The van der Waals surface area contributed by atoms with Crippen molar-refractivity contribution in [3.8, 4) is 6.07 Å². The first kappa shape index (κ1) is 9.78. The summed E-state index contributed by atoms with van der Waals surface area (Å²) in [6.07, 6.45) is 0. The average molecular weight is 293 g/mol. The molecule has 12 heavy (non-hydrogen) atoms. The molecule has 0 radical (unpaired) electrons. The van der Waals surface area contributed by atoms with Gasteiger partial charge in [0.1, 0.15) is 6.07 Å². The van der Waals surface area contributed by atoms with E-state index in [9.17, 15) is 0 Å². The van der Waals surface area contributed by atoms with Gasteiger partial charge in [-0.25, -0.2) is 0 Å². The molecule has 0 saturated carbocycles. The minimum absolute atomic E-state index is 0.371. The van der Waals surface area contributed by atoms with Crippen molar-refractivity contribution in [3.63, 3.8) is 0 Å². The molecule has 0 aromatic heterocycles. The second kappa shape index (κ2) is 4.08. The van der Waals surface area contributed by atoms with E-state index in [0.29, 0.717) is 17.1 Å². The normalized spacial score (nSPS) is 9.50. The summed E-state index contributed by atoms with van der Waals surface area (Å²) in [5.41, 5.74) is 6.88. The van der Waals surface area contributed by atoms with E-state index in [2.05, 4.69) is 6.07 Å². The molecule has 1 aromatic rings. The third kappa shape index (κ3) is 1.71. The van der Waals surface area contributed by atoms with Gasteiger partial charge in [-0.2, -0.15) is 5.26 Å². The highest BCUT2D eigenvalue weighted by Gasteiger charge is 2.07. The molecule has 0 fully saturated rings. The Kier molecular flexibility index (Phi) is 3.32. The third-order valence-corrected chi connectivity index (χ3v) is 3.27. The van der Waals surface area contributed by atoms with Crippen molar-refractivity contribution < 1.29 is 0 Å². The topological polar surface area (TPSA) is 49.8 Å². The molecule has 4 heteroatoms. The maximum absolute atomic E-state index is 8.79. The number of hydrogen-bond donors (Lipinski definition) is 1. The number of rotatable bonds is 1. The molecule has 0 heterocycles. The van der Waals surface area contributed by atoms with Gasteiger partial charge in [-0.3, -0.25) is 0 Å². The number of nitriles is 1. The number of benzene rings is 1. The van der Waals surface area contributed by atoms with E-state index in [-0.39, 0.29) is 0 Å². The molecule has 0 aliphatic carbocycles. The summed E-state index contributed by atoms with van der Waals surface area (Å²) < 4.78 is 0.778. The quantitative estimate of drug-likeness (QED) is 0.807. The van der Waals surface area contributed by atoms with Crippen molar-refractivity contribution in [3.05, 3.63) is 31.9 Å². The molecule has 0 aliphatic heterocycles. The minimum Gasteiger partial charge on any atom is -0.326 e. The van der Waals surface area contributed by atoms with Gasteiger partial charge in [-0.15, -0.1) is 0 Å². The largest absolute Gasteiger partial charge is 0.326 e. The highest BCUT2D eigenvalue weighted by atomic mass is 127. The van der Waals surface area contributed by atoms with E-state index in [0.717, 1.165) is 9.13 Å². The third-order valence-electron chi connectivity index (χ3n) is 1.51. The van der Waals surface area contributed by atoms with Crippen LogP contribution < -0.4 is 5.73 Å². The van der Waals surface area contributed by atoms with Crippen molar-refractivity contribution in [1.29, 1.82) is 5.26 Å². The van der Waals surface area contributed by atoms with E-state index in [1.165, 1.54) is 0 Å². The Morgan fingerprint density at radius 3 is 2.75 bits per heavy atom. The van der Waals surface area contributed by atoms with E-state index in [4.69, 9.17) is 22.6 Å². The molecule has 0 unspecified atom stereocenters. The van der Waals surface area contributed by atoms with Crippen molar-refractivity contribution in [2.45, 2.75) is 6.54 Å². The molecule has 0 saturated heterocycles. The monoisotopic (exact) mass is 292 g/mol. The number of nitrogens with zero attached hydrogens (tertiary/aromatic N) is 1. The summed E-state index contributed by atoms with van der Waals surface area (Å²) in [5, 5.41) is 9.39. The van der Waals surface area contributed by atoms with Crippen LogP contribution in [-0.4, -0.2) is 0 Å². The van der Waals surface area contributed by atoms with Crippen LogP contribution >= 0.6 is 34.2 Å². The van der Waals surface area contributed by atoms with Crippen LogP contribution in [0.2, 0.25) is 5.02 Å². The van der Waals surface area contributed by atoms with Crippen LogP contribution in [0.15, 0.2) is 12.1 Å². The molecular weight excluding hydrogens is 286 g/mol. The molecule has 0 spiro atoms. The van der Waals surface area contributed by atoms with E-state index in [1.54, 1.807) is 12.1 Å². The molecule has 2 nitrogen and oxygen atoms in total. The van der Waals surface area contributed by atoms with Crippen LogP contribution in [0.3, 0.4) is 0 Å².